The summed E-state index contributed by atoms with van der Waals surface area (Å²) < 4.78 is 30.8. The van der Waals surface area contributed by atoms with E-state index in [0.717, 1.165) is 30.2 Å². The normalized spacial score (nSPS) is 16.6. The van der Waals surface area contributed by atoms with Gasteiger partial charge in [-0.3, -0.25) is 9.10 Å². The Balaban J connectivity index is 2.06. The van der Waals surface area contributed by atoms with Crippen LogP contribution in [0.5, 0.6) is 5.75 Å². The molecular weight excluding hydrogens is 390 g/mol. The Morgan fingerprint density at radius 1 is 1.33 bits per heavy atom. The van der Waals surface area contributed by atoms with Crippen LogP contribution >= 0.6 is 11.6 Å². The van der Waals surface area contributed by atoms with Crippen molar-refractivity contribution in [1.29, 1.82) is 0 Å². The maximum Gasteiger partial charge on any atom is 0.243 e. The van der Waals surface area contributed by atoms with Crippen LogP contribution in [0.25, 0.3) is 0 Å². The van der Waals surface area contributed by atoms with Crippen molar-refractivity contribution in [3.63, 3.8) is 0 Å². The molecule has 27 heavy (non-hydrogen) atoms. The monoisotopic (exact) mass is 417 g/mol. The predicted octanol–water partition coefficient (Wildman–Crippen LogP) is 2.11. The van der Waals surface area contributed by atoms with Crippen LogP contribution in [-0.4, -0.2) is 64.8 Å². The Morgan fingerprint density at radius 3 is 2.56 bits per heavy atom. The third-order valence-corrected chi connectivity index (χ3v) is 6.19. The number of benzene rings is 1. The number of likely N-dealkylation sites (tertiary alicyclic amines) is 1. The fourth-order valence-electron chi connectivity index (χ4n) is 3.27. The van der Waals surface area contributed by atoms with E-state index in [9.17, 15) is 13.2 Å². The molecule has 0 saturated carbocycles. The standard InChI is InChI=1S/C18H28ClN3O4S/c1-14(18(23)20-9-12-21-10-5-4-6-11-21)22(27(3,24)25)15-7-8-17(26-2)16(19)13-15/h7-8,13-14H,4-6,9-12H2,1-3H3,(H,20,23). The summed E-state index contributed by atoms with van der Waals surface area (Å²) in [6.07, 6.45) is 4.70. The lowest BCUT2D eigenvalue weighted by atomic mass is 10.1. The highest BCUT2D eigenvalue weighted by molar-refractivity contribution is 7.92. The summed E-state index contributed by atoms with van der Waals surface area (Å²) in [6.45, 7) is 4.92. The Labute approximate surface area is 166 Å². The fourth-order valence-corrected chi connectivity index (χ4v) is 4.69. The van der Waals surface area contributed by atoms with Gasteiger partial charge in [0.25, 0.3) is 0 Å². The number of methoxy groups -OCH3 is 1. The topological polar surface area (TPSA) is 79.0 Å². The minimum atomic E-state index is -3.68. The SMILES string of the molecule is COc1ccc(N(C(C)C(=O)NCCN2CCCCC2)S(C)(=O)=O)cc1Cl. The third kappa shape index (κ3) is 5.99. The minimum Gasteiger partial charge on any atom is -0.495 e. The molecule has 1 amide bonds. The molecule has 0 aromatic heterocycles. The number of rotatable bonds is 8. The van der Waals surface area contributed by atoms with E-state index in [4.69, 9.17) is 16.3 Å². The van der Waals surface area contributed by atoms with E-state index in [-0.39, 0.29) is 10.9 Å². The highest BCUT2D eigenvalue weighted by Gasteiger charge is 2.29. The molecule has 7 nitrogen and oxygen atoms in total. The van der Waals surface area contributed by atoms with Gasteiger partial charge in [-0.05, 0) is 51.1 Å². The molecule has 2 rings (SSSR count). The summed E-state index contributed by atoms with van der Waals surface area (Å²) in [4.78, 5) is 14.9. The summed E-state index contributed by atoms with van der Waals surface area (Å²) in [5.74, 6) is 0.0943. The zero-order valence-electron chi connectivity index (χ0n) is 16.1. The molecule has 1 aliphatic heterocycles. The highest BCUT2D eigenvalue weighted by atomic mass is 35.5. The second kappa shape index (κ2) is 9.61. The number of anilines is 1. The predicted molar refractivity (Wildman–Crippen MR) is 108 cm³/mol. The number of ether oxygens (including phenoxy) is 1. The minimum absolute atomic E-state index is 0.279. The molecule has 1 aliphatic rings. The van der Waals surface area contributed by atoms with Crippen LogP contribution in [0, 0.1) is 0 Å². The second-order valence-electron chi connectivity index (χ2n) is 6.75. The molecule has 1 heterocycles. The van der Waals surface area contributed by atoms with E-state index < -0.39 is 16.1 Å². The maximum absolute atomic E-state index is 12.6. The molecule has 1 aromatic rings. The smallest absolute Gasteiger partial charge is 0.243 e. The number of halogens is 1. The van der Waals surface area contributed by atoms with Crippen molar-refractivity contribution in [1.82, 2.24) is 10.2 Å². The fraction of sp³-hybridized carbons (Fsp3) is 0.611. The lowest BCUT2D eigenvalue weighted by molar-refractivity contribution is -0.121. The first-order chi connectivity index (χ1) is 12.7. The molecule has 1 fully saturated rings. The molecule has 1 aromatic carbocycles. The first kappa shape index (κ1) is 21.8. The van der Waals surface area contributed by atoms with Crippen LogP contribution in [0.3, 0.4) is 0 Å². The van der Waals surface area contributed by atoms with Gasteiger partial charge in [0.05, 0.1) is 24.1 Å². The van der Waals surface area contributed by atoms with Crippen LogP contribution in [-0.2, 0) is 14.8 Å². The first-order valence-corrected chi connectivity index (χ1v) is 11.3. The average molecular weight is 418 g/mol. The van der Waals surface area contributed by atoms with Crippen LogP contribution in [0.1, 0.15) is 26.2 Å². The van der Waals surface area contributed by atoms with Crippen molar-refractivity contribution < 1.29 is 17.9 Å². The van der Waals surface area contributed by atoms with E-state index in [1.165, 1.54) is 32.4 Å². The molecule has 1 atom stereocenters. The van der Waals surface area contributed by atoms with Gasteiger partial charge in [-0.1, -0.05) is 18.0 Å². The van der Waals surface area contributed by atoms with Gasteiger partial charge < -0.3 is 15.0 Å². The van der Waals surface area contributed by atoms with Gasteiger partial charge in [0, 0.05) is 13.1 Å². The van der Waals surface area contributed by atoms with E-state index in [1.54, 1.807) is 19.1 Å². The lowest BCUT2D eigenvalue weighted by Gasteiger charge is -2.29. The van der Waals surface area contributed by atoms with Crippen molar-refractivity contribution in [2.45, 2.75) is 32.2 Å². The van der Waals surface area contributed by atoms with E-state index in [0.29, 0.717) is 18.0 Å². The molecule has 9 heteroatoms. The number of hydrogen-bond donors (Lipinski definition) is 1. The summed E-state index contributed by atoms with van der Waals surface area (Å²) in [5.41, 5.74) is 0.321. The van der Waals surface area contributed by atoms with Gasteiger partial charge in [0.1, 0.15) is 11.8 Å². The molecule has 1 unspecified atom stereocenters. The van der Waals surface area contributed by atoms with E-state index in [1.807, 2.05) is 0 Å². The lowest BCUT2D eigenvalue weighted by Crippen LogP contribution is -2.49. The number of carbonyl (C=O) groups excluding carboxylic acids is 1. The zero-order chi connectivity index (χ0) is 20.0. The van der Waals surface area contributed by atoms with Gasteiger partial charge in [-0.2, -0.15) is 0 Å². The number of amides is 1. The second-order valence-corrected chi connectivity index (χ2v) is 9.01. The summed E-state index contributed by atoms with van der Waals surface area (Å²) in [6, 6.07) is 3.74. The molecule has 0 spiro atoms. The quantitative estimate of drug-likeness (QED) is 0.700. The van der Waals surface area contributed by atoms with Gasteiger partial charge >= 0.3 is 0 Å². The molecule has 0 bridgehead atoms. The van der Waals surface area contributed by atoms with Gasteiger partial charge in [0.2, 0.25) is 15.9 Å². The Bertz CT molecular complexity index is 751. The molecule has 1 N–H and O–H groups in total. The summed E-state index contributed by atoms with van der Waals surface area (Å²) >= 11 is 6.12. The maximum atomic E-state index is 12.6. The molecule has 0 aliphatic carbocycles. The summed E-state index contributed by atoms with van der Waals surface area (Å²) in [7, 11) is -2.20. The van der Waals surface area contributed by atoms with Crippen molar-refractivity contribution in [2.24, 2.45) is 0 Å². The summed E-state index contributed by atoms with van der Waals surface area (Å²) in [5, 5.41) is 3.12. The number of sulfonamides is 1. The van der Waals surface area contributed by atoms with Gasteiger partial charge in [0.15, 0.2) is 0 Å². The third-order valence-electron chi connectivity index (χ3n) is 4.65. The van der Waals surface area contributed by atoms with Crippen molar-refractivity contribution in [2.75, 3.05) is 43.8 Å². The molecule has 152 valence electrons. The van der Waals surface area contributed by atoms with E-state index >= 15 is 0 Å². The number of hydrogen-bond acceptors (Lipinski definition) is 5. The van der Waals surface area contributed by atoms with Crippen molar-refractivity contribution in [3.05, 3.63) is 23.2 Å². The first-order valence-electron chi connectivity index (χ1n) is 9.07. The van der Waals surface area contributed by atoms with E-state index in [2.05, 4.69) is 10.2 Å². The number of nitrogens with zero attached hydrogens (tertiary/aromatic N) is 2. The average Bonchev–Trinajstić information content (AvgIpc) is 2.61. The largest absolute Gasteiger partial charge is 0.495 e. The van der Waals surface area contributed by atoms with Crippen LogP contribution < -0.4 is 14.4 Å². The Kier molecular flexibility index (Phi) is 7.76. The van der Waals surface area contributed by atoms with Crippen molar-refractivity contribution >= 4 is 33.2 Å². The van der Waals surface area contributed by atoms with Gasteiger partial charge in [-0.25, -0.2) is 8.42 Å². The molecule has 1 saturated heterocycles. The van der Waals surface area contributed by atoms with Gasteiger partial charge in [-0.15, -0.1) is 0 Å². The number of piperidine rings is 1. The zero-order valence-corrected chi connectivity index (χ0v) is 17.6. The van der Waals surface area contributed by atoms with Crippen molar-refractivity contribution in [3.8, 4) is 5.75 Å². The van der Waals surface area contributed by atoms with Crippen LogP contribution in [0.15, 0.2) is 18.2 Å². The number of nitrogens with one attached hydrogen (secondary N) is 1. The highest BCUT2D eigenvalue weighted by Crippen LogP contribution is 2.31. The van der Waals surface area contributed by atoms with Crippen LogP contribution in [0.4, 0.5) is 5.69 Å². The molecule has 0 radical (unpaired) electrons. The number of carbonyl (C=O) groups is 1. The Hall–Kier alpha value is -1.51. The Morgan fingerprint density at radius 2 is 2.00 bits per heavy atom. The van der Waals surface area contributed by atoms with Crippen LogP contribution in [0.2, 0.25) is 5.02 Å². The molecular formula is C18H28ClN3O4S.